The highest BCUT2D eigenvalue weighted by Gasteiger charge is 2.45. The Kier molecular flexibility index (Phi) is 3.18. The molecule has 122 valence electrons. The summed E-state index contributed by atoms with van der Waals surface area (Å²) in [6.07, 6.45) is 6.19. The van der Waals surface area contributed by atoms with Crippen molar-refractivity contribution in [1.82, 2.24) is 20.1 Å². The smallest absolute Gasteiger partial charge is 0.147 e. The summed E-state index contributed by atoms with van der Waals surface area (Å²) < 4.78 is 8.60. The van der Waals surface area contributed by atoms with Crippen molar-refractivity contribution >= 4 is 0 Å². The predicted octanol–water partition coefficient (Wildman–Crippen LogP) is 2.93. The Morgan fingerprint density at radius 3 is 2.41 bits per heavy atom. The average molecular weight is 304 g/mol. The molecule has 3 fully saturated rings. The highest BCUT2D eigenvalue weighted by atomic mass is 16.5. The van der Waals surface area contributed by atoms with Crippen molar-refractivity contribution in [2.75, 3.05) is 0 Å². The second-order valence-corrected chi connectivity index (χ2v) is 8.45. The Balaban J connectivity index is 1.48. The van der Waals surface area contributed by atoms with Crippen LogP contribution in [0.5, 0.6) is 0 Å². The number of nitrogens with zero attached hydrogens (tertiary/aromatic N) is 3. The van der Waals surface area contributed by atoms with Crippen molar-refractivity contribution < 1.29 is 4.74 Å². The molecule has 1 aliphatic heterocycles. The molecule has 2 aliphatic carbocycles. The van der Waals surface area contributed by atoms with Gasteiger partial charge in [-0.05, 0) is 59.8 Å². The first-order chi connectivity index (χ1) is 10.4. The van der Waals surface area contributed by atoms with Gasteiger partial charge in [0, 0.05) is 18.0 Å². The van der Waals surface area contributed by atoms with Crippen molar-refractivity contribution in [3.05, 3.63) is 11.6 Å². The van der Waals surface area contributed by atoms with Gasteiger partial charge in [0.25, 0.3) is 0 Å². The van der Waals surface area contributed by atoms with Crippen LogP contribution in [0.4, 0.5) is 0 Å². The summed E-state index contributed by atoms with van der Waals surface area (Å²) in [6.45, 7) is 9.51. The van der Waals surface area contributed by atoms with Gasteiger partial charge in [0.1, 0.15) is 11.6 Å². The maximum Gasteiger partial charge on any atom is 0.147 e. The van der Waals surface area contributed by atoms with Crippen molar-refractivity contribution in [2.24, 2.45) is 0 Å². The van der Waals surface area contributed by atoms with E-state index in [0.717, 1.165) is 18.8 Å². The van der Waals surface area contributed by atoms with E-state index in [4.69, 9.17) is 4.74 Å². The van der Waals surface area contributed by atoms with Gasteiger partial charge in [-0.3, -0.25) is 0 Å². The first-order valence-electron chi connectivity index (χ1n) is 8.73. The molecule has 0 amide bonds. The monoisotopic (exact) mass is 304 g/mol. The molecular weight excluding hydrogens is 276 g/mol. The van der Waals surface area contributed by atoms with Crippen LogP contribution >= 0.6 is 0 Å². The van der Waals surface area contributed by atoms with Crippen molar-refractivity contribution in [2.45, 2.75) is 95.5 Å². The van der Waals surface area contributed by atoms with E-state index < -0.39 is 0 Å². The van der Waals surface area contributed by atoms with Crippen LogP contribution < -0.4 is 5.32 Å². The Labute approximate surface area is 132 Å². The van der Waals surface area contributed by atoms with E-state index in [-0.39, 0.29) is 11.2 Å². The van der Waals surface area contributed by atoms with Crippen LogP contribution in [0.3, 0.4) is 0 Å². The van der Waals surface area contributed by atoms with E-state index in [1.807, 2.05) is 0 Å². The zero-order chi connectivity index (χ0) is 15.5. The van der Waals surface area contributed by atoms with Gasteiger partial charge in [0.15, 0.2) is 0 Å². The molecule has 5 nitrogen and oxygen atoms in total. The molecule has 1 aromatic rings. The SMILES string of the molecule is CC1(C)C[C@H](NCc2nnc(C3CC3)n2C2CC2)C(C)(C)O1. The summed E-state index contributed by atoms with van der Waals surface area (Å²) in [5.74, 6) is 3.03. The second kappa shape index (κ2) is 4.78. The molecule has 0 spiro atoms. The summed E-state index contributed by atoms with van der Waals surface area (Å²) in [5.41, 5.74) is -0.183. The van der Waals surface area contributed by atoms with E-state index in [2.05, 4.69) is 47.8 Å². The number of aromatic nitrogens is 3. The molecule has 2 saturated carbocycles. The highest BCUT2D eigenvalue weighted by Crippen LogP contribution is 2.45. The van der Waals surface area contributed by atoms with Crippen LogP contribution in [0, 0.1) is 0 Å². The van der Waals surface area contributed by atoms with Gasteiger partial charge in [-0.1, -0.05) is 0 Å². The summed E-state index contributed by atoms with van der Waals surface area (Å²) >= 11 is 0. The molecule has 1 aromatic heterocycles. The van der Waals surface area contributed by atoms with E-state index in [1.165, 1.54) is 31.5 Å². The summed E-state index contributed by atoms with van der Waals surface area (Å²) in [5, 5.41) is 12.7. The van der Waals surface area contributed by atoms with Gasteiger partial charge < -0.3 is 14.6 Å². The molecule has 1 atom stereocenters. The molecule has 4 rings (SSSR count). The van der Waals surface area contributed by atoms with E-state index in [9.17, 15) is 0 Å². The second-order valence-electron chi connectivity index (χ2n) is 8.45. The minimum Gasteiger partial charge on any atom is -0.368 e. The standard InChI is InChI=1S/C17H28N4O/c1-16(2)9-13(17(3,4)22-16)18-10-14-19-20-15(11-5-6-11)21(14)12-7-8-12/h11-13,18H,5-10H2,1-4H3/t13-/m0/s1. The quantitative estimate of drug-likeness (QED) is 0.909. The third-order valence-electron chi connectivity index (χ3n) is 5.23. The fourth-order valence-corrected chi connectivity index (χ4v) is 3.90. The van der Waals surface area contributed by atoms with Gasteiger partial charge in [-0.2, -0.15) is 0 Å². The number of hydrogen-bond acceptors (Lipinski definition) is 4. The number of hydrogen-bond donors (Lipinski definition) is 1. The predicted molar refractivity (Wildman–Crippen MR) is 84.8 cm³/mol. The average Bonchev–Trinajstić information content (AvgIpc) is 3.31. The molecule has 0 radical (unpaired) electrons. The van der Waals surface area contributed by atoms with Gasteiger partial charge in [0.05, 0.1) is 17.7 Å². The molecule has 5 heteroatoms. The molecule has 3 aliphatic rings. The number of nitrogens with one attached hydrogen (secondary N) is 1. The molecular formula is C17H28N4O. The Morgan fingerprint density at radius 2 is 1.86 bits per heavy atom. The molecule has 0 aromatic carbocycles. The normalized spacial score (nSPS) is 29.9. The van der Waals surface area contributed by atoms with E-state index in [1.54, 1.807) is 0 Å². The van der Waals surface area contributed by atoms with Crippen LogP contribution in [0.2, 0.25) is 0 Å². The minimum absolute atomic E-state index is 0.0511. The maximum atomic E-state index is 6.18. The lowest BCUT2D eigenvalue weighted by atomic mass is 9.94. The van der Waals surface area contributed by atoms with Crippen LogP contribution in [-0.2, 0) is 11.3 Å². The maximum absolute atomic E-state index is 6.18. The van der Waals surface area contributed by atoms with Crippen LogP contribution in [0.25, 0.3) is 0 Å². The number of ether oxygens (including phenoxy) is 1. The van der Waals surface area contributed by atoms with E-state index >= 15 is 0 Å². The summed E-state index contributed by atoms with van der Waals surface area (Å²) in [7, 11) is 0. The first-order valence-corrected chi connectivity index (χ1v) is 8.73. The lowest BCUT2D eigenvalue weighted by Crippen LogP contribution is -2.43. The zero-order valence-corrected chi connectivity index (χ0v) is 14.2. The molecule has 1 saturated heterocycles. The fraction of sp³-hybridized carbons (Fsp3) is 0.882. The third-order valence-corrected chi connectivity index (χ3v) is 5.23. The topological polar surface area (TPSA) is 52.0 Å². The van der Waals surface area contributed by atoms with Crippen LogP contribution in [0.1, 0.15) is 83.4 Å². The summed E-state index contributed by atoms with van der Waals surface area (Å²) in [4.78, 5) is 0. The molecule has 2 heterocycles. The minimum atomic E-state index is -0.132. The van der Waals surface area contributed by atoms with Crippen molar-refractivity contribution in [1.29, 1.82) is 0 Å². The van der Waals surface area contributed by atoms with Crippen molar-refractivity contribution in [3.8, 4) is 0 Å². The Hall–Kier alpha value is -0.940. The first kappa shape index (κ1) is 14.6. The molecule has 22 heavy (non-hydrogen) atoms. The highest BCUT2D eigenvalue weighted by molar-refractivity contribution is 5.12. The lowest BCUT2D eigenvalue weighted by Gasteiger charge is -2.27. The van der Waals surface area contributed by atoms with Gasteiger partial charge in [-0.25, -0.2) is 0 Å². The number of rotatable bonds is 5. The summed E-state index contributed by atoms with van der Waals surface area (Å²) in [6, 6.07) is 1.02. The van der Waals surface area contributed by atoms with E-state index in [0.29, 0.717) is 18.0 Å². The molecule has 0 unspecified atom stereocenters. The van der Waals surface area contributed by atoms with Gasteiger partial charge in [-0.15, -0.1) is 10.2 Å². The van der Waals surface area contributed by atoms with Crippen LogP contribution in [0.15, 0.2) is 0 Å². The third kappa shape index (κ3) is 2.69. The molecule has 0 bridgehead atoms. The zero-order valence-electron chi connectivity index (χ0n) is 14.2. The lowest BCUT2D eigenvalue weighted by molar-refractivity contribution is -0.0699. The van der Waals surface area contributed by atoms with Gasteiger partial charge in [0.2, 0.25) is 0 Å². The molecule has 1 N–H and O–H groups in total. The largest absolute Gasteiger partial charge is 0.368 e. The fourth-order valence-electron chi connectivity index (χ4n) is 3.90. The Bertz CT molecular complexity index is 569. The Morgan fingerprint density at radius 1 is 1.14 bits per heavy atom. The van der Waals surface area contributed by atoms with Gasteiger partial charge >= 0.3 is 0 Å². The van der Waals surface area contributed by atoms with Crippen molar-refractivity contribution in [3.63, 3.8) is 0 Å². The van der Waals surface area contributed by atoms with Crippen LogP contribution in [-0.4, -0.2) is 32.0 Å².